The number of rotatable bonds is 5. The molecular weight excluding hydrogens is 294 g/mol. The summed E-state index contributed by atoms with van der Waals surface area (Å²) in [5.74, 6) is -0.851. The highest BCUT2D eigenvalue weighted by Crippen LogP contribution is 2.16. The van der Waals surface area contributed by atoms with Gasteiger partial charge in [0.1, 0.15) is 12.4 Å². The van der Waals surface area contributed by atoms with Crippen LogP contribution < -0.4 is 4.74 Å². The monoisotopic (exact) mass is 309 g/mol. The van der Waals surface area contributed by atoms with Gasteiger partial charge in [-0.1, -0.05) is 30.3 Å². The maximum atomic E-state index is 12.1. The number of benzene rings is 2. The molecule has 23 heavy (non-hydrogen) atoms. The predicted octanol–water partition coefficient (Wildman–Crippen LogP) is 3.10. The largest absolute Gasteiger partial charge is 0.497 e. The number of hydrogen-bond donors (Lipinski definition) is 1. The molecule has 0 aliphatic carbocycles. The summed E-state index contributed by atoms with van der Waals surface area (Å²) < 4.78 is 10.1. The average molecular weight is 309 g/mol. The Labute approximate surface area is 132 Å². The molecule has 5 nitrogen and oxygen atoms in total. The second-order valence-electron chi connectivity index (χ2n) is 5.02. The van der Waals surface area contributed by atoms with Gasteiger partial charge in [-0.2, -0.15) is 0 Å². The van der Waals surface area contributed by atoms with Gasteiger partial charge in [-0.05, 0) is 29.8 Å². The number of ketones is 1. The quantitative estimate of drug-likeness (QED) is 0.447. The lowest BCUT2D eigenvalue weighted by molar-refractivity contribution is -0.139. The highest BCUT2D eigenvalue weighted by Gasteiger charge is 2.20. The standard InChI is InChI=1S/C18H15NO4/c1-22-14-8-6-12(7-9-14)11-23-18(21)17(20)16-10-13-4-2-3-5-15(13)19-16/h2-10,19H,11H2,1H3. The fraction of sp³-hybridized carbons (Fsp3) is 0.111. The first-order valence-corrected chi connectivity index (χ1v) is 7.09. The van der Waals surface area contributed by atoms with Gasteiger partial charge in [-0.3, -0.25) is 4.79 Å². The van der Waals surface area contributed by atoms with Crippen molar-refractivity contribution in [2.24, 2.45) is 0 Å². The normalized spacial score (nSPS) is 10.5. The molecule has 0 aliphatic heterocycles. The van der Waals surface area contributed by atoms with Gasteiger partial charge in [0, 0.05) is 10.9 Å². The van der Waals surface area contributed by atoms with Crippen LogP contribution in [-0.2, 0) is 16.1 Å². The van der Waals surface area contributed by atoms with E-state index in [0.717, 1.165) is 16.5 Å². The number of carbonyl (C=O) groups is 2. The number of para-hydroxylation sites is 1. The Balaban J connectivity index is 1.66. The molecule has 5 heteroatoms. The highest BCUT2D eigenvalue weighted by molar-refractivity contribution is 6.40. The van der Waals surface area contributed by atoms with Gasteiger partial charge in [-0.15, -0.1) is 0 Å². The smallest absolute Gasteiger partial charge is 0.381 e. The average Bonchev–Trinajstić information content (AvgIpc) is 3.03. The first kappa shape index (κ1) is 14.8. The molecule has 0 saturated carbocycles. The van der Waals surface area contributed by atoms with Gasteiger partial charge in [0.2, 0.25) is 0 Å². The van der Waals surface area contributed by atoms with Crippen molar-refractivity contribution in [3.8, 4) is 5.75 Å². The number of fused-ring (bicyclic) bond motifs is 1. The van der Waals surface area contributed by atoms with E-state index in [-0.39, 0.29) is 12.3 Å². The Morgan fingerprint density at radius 1 is 1.04 bits per heavy atom. The van der Waals surface area contributed by atoms with E-state index in [1.807, 2.05) is 24.3 Å². The lowest BCUT2D eigenvalue weighted by Crippen LogP contribution is -2.17. The minimum atomic E-state index is -0.882. The topological polar surface area (TPSA) is 68.4 Å². The third-order valence-corrected chi connectivity index (χ3v) is 3.49. The van der Waals surface area contributed by atoms with Crippen molar-refractivity contribution >= 4 is 22.7 Å². The van der Waals surface area contributed by atoms with Crippen molar-refractivity contribution in [3.63, 3.8) is 0 Å². The first-order valence-electron chi connectivity index (χ1n) is 7.09. The van der Waals surface area contributed by atoms with Crippen LogP contribution in [0.3, 0.4) is 0 Å². The summed E-state index contributed by atoms with van der Waals surface area (Å²) in [5, 5.41) is 0.874. The van der Waals surface area contributed by atoms with Gasteiger partial charge in [0.25, 0.3) is 5.78 Å². The molecule has 1 aromatic heterocycles. The minimum Gasteiger partial charge on any atom is -0.497 e. The van der Waals surface area contributed by atoms with Gasteiger partial charge in [0.15, 0.2) is 0 Å². The summed E-state index contributed by atoms with van der Waals surface area (Å²) in [6.45, 7) is 0.0365. The molecule has 0 fully saturated rings. The summed E-state index contributed by atoms with van der Waals surface area (Å²) in [7, 11) is 1.58. The molecule has 116 valence electrons. The van der Waals surface area contributed by atoms with Gasteiger partial charge >= 0.3 is 5.97 Å². The Kier molecular flexibility index (Phi) is 4.10. The Hall–Kier alpha value is -3.08. The number of esters is 1. The molecular formula is C18H15NO4. The third-order valence-electron chi connectivity index (χ3n) is 3.49. The minimum absolute atomic E-state index is 0.0365. The van der Waals surface area contributed by atoms with Crippen LogP contribution in [0.4, 0.5) is 0 Å². The number of aromatic nitrogens is 1. The number of methoxy groups -OCH3 is 1. The van der Waals surface area contributed by atoms with Crippen molar-refractivity contribution in [2.45, 2.75) is 6.61 Å². The first-order chi connectivity index (χ1) is 11.2. The summed E-state index contributed by atoms with van der Waals surface area (Å²) >= 11 is 0. The molecule has 0 atom stereocenters. The Morgan fingerprint density at radius 2 is 1.78 bits per heavy atom. The van der Waals surface area contributed by atoms with Crippen LogP contribution >= 0.6 is 0 Å². The number of hydrogen-bond acceptors (Lipinski definition) is 4. The van der Waals surface area contributed by atoms with E-state index in [9.17, 15) is 9.59 Å². The lowest BCUT2D eigenvalue weighted by atomic mass is 10.2. The molecule has 3 aromatic rings. The second kappa shape index (κ2) is 6.36. The van der Waals surface area contributed by atoms with Crippen LogP contribution in [0, 0.1) is 0 Å². The fourth-order valence-corrected chi connectivity index (χ4v) is 2.24. The molecule has 0 aliphatic rings. The molecule has 2 aromatic carbocycles. The second-order valence-corrected chi connectivity index (χ2v) is 5.02. The number of nitrogens with one attached hydrogen (secondary N) is 1. The summed E-state index contributed by atoms with van der Waals surface area (Å²) in [4.78, 5) is 26.9. The number of aromatic amines is 1. The SMILES string of the molecule is COc1ccc(COC(=O)C(=O)c2cc3ccccc3[nH]2)cc1. The van der Waals surface area contributed by atoms with E-state index in [1.165, 1.54) is 0 Å². The van der Waals surface area contributed by atoms with E-state index in [0.29, 0.717) is 5.75 Å². The van der Waals surface area contributed by atoms with Crippen molar-refractivity contribution in [3.05, 3.63) is 65.9 Å². The third kappa shape index (κ3) is 3.23. The van der Waals surface area contributed by atoms with Gasteiger partial charge in [0.05, 0.1) is 12.8 Å². The van der Waals surface area contributed by atoms with E-state index >= 15 is 0 Å². The van der Waals surface area contributed by atoms with E-state index < -0.39 is 11.8 Å². The van der Waals surface area contributed by atoms with Crippen LogP contribution in [0.25, 0.3) is 10.9 Å². The van der Waals surface area contributed by atoms with Crippen LogP contribution in [0.5, 0.6) is 5.75 Å². The lowest BCUT2D eigenvalue weighted by Gasteiger charge is -2.04. The zero-order valence-corrected chi connectivity index (χ0v) is 12.5. The van der Waals surface area contributed by atoms with Crippen molar-refractivity contribution in [1.82, 2.24) is 4.98 Å². The maximum absolute atomic E-state index is 12.1. The number of carbonyl (C=O) groups excluding carboxylic acids is 2. The molecule has 1 heterocycles. The predicted molar refractivity (Wildman–Crippen MR) is 85.4 cm³/mol. The Morgan fingerprint density at radius 3 is 2.48 bits per heavy atom. The van der Waals surface area contributed by atoms with Gasteiger partial charge in [-0.25, -0.2) is 4.79 Å². The van der Waals surface area contributed by atoms with Crippen LogP contribution in [-0.4, -0.2) is 23.8 Å². The van der Waals surface area contributed by atoms with Crippen LogP contribution in [0.15, 0.2) is 54.6 Å². The van der Waals surface area contributed by atoms with Crippen molar-refractivity contribution < 1.29 is 19.1 Å². The van der Waals surface area contributed by atoms with E-state index in [2.05, 4.69) is 4.98 Å². The molecule has 0 saturated heterocycles. The zero-order valence-electron chi connectivity index (χ0n) is 12.5. The number of Topliss-reactive ketones (excluding diaryl/α,β-unsaturated/α-hetero) is 1. The van der Waals surface area contributed by atoms with Gasteiger partial charge < -0.3 is 14.5 Å². The molecule has 0 bridgehead atoms. The molecule has 0 amide bonds. The maximum Gasteiger partial charge on any atom is 0.381 e. The Bertz CT molecular complexity index is 816. The molecule has 3 rings (SSSR count). The van der Waals surface area contributed by atoms with Crippen LogP contribution in [0.1, 0.15) is 16.1 Å². The molecule has 0 unspecified atom stereocenters. The zero-order chi connectivity index (χ0) is 16.2. The number of ether oxygens (including phenoxy) is 2. The molecule has 1 N–H and O–H groups in total. The fourth-order valence-electron chi connectivity index (χ4n) is 2.24. The molecule has 0 radical (unpaired) electrons. The highest BCUT2D eigenvalue weighted by atomic mass is 16.5. The van der Waals surface area contributed by atoms with E-state index in [1.54, 1.807) is 37.4 Å². The summed E-state index contributed by atoms with van der Waals surface area (Å²) in [5.41, 5.74) is 1.81. The van der Waals surface area contributed by atoms with Crippen molar-refractivity contribution in [2.75, 3.05) is 7.11 Å². The number of H-pyrrole nitrogens is 1. The van der Waals surface area contributed by atoms with Crippen molar-refractivity contribution in [1.29, 1.82) is 0 Å². The molecule has 0 spiro atoms. The van der Waals surface area contributed by atoms with E-state index in [4.69, 9.17) is 9.47 Å². The summed E-state index contributed by atoms with van der Waals surface area (Å²) in [6, 6.07) is 16.2. The summed E-state index contributed by atoms with van der Waals surface area (Å²) in [6.07, 6.45) is 0. The van der Waals surface area contributed by atoms with Crippen LogP contribution in [0.2, 0.25) is 0 Å².